The molecule has 0 saturated carbocycles. The Balaban J connectivity index is 2.40. The lowest BCUT2D eigenvalue weighted by Crippen LogP contribution is -2.27. The van der Waals surface area contributed by atoms with Crippen molar-refractivity contribution in [3.05, 3.63) is 47.9 Å². The van der Waals surface area contributed by atoms with Gasteiger partial charge in [0.25, 0.3) is 5.91 Å². The van der Waals surface area contributed by atoms with E-state index < -0.39 is 11.7 Å². The molecule has 6 heteroatoms. The van der Waals surface area contributed by atoms with Crippen molar-refractivity contribution in [2.45, 2.75) is 0 Å². The summed E-state index contributed by atoms with van der Waals surface area (Å²) >= 11 is 0. The van der Waals surface area contributed by atoms with Crippen LogP contribution in [0.2, 0.25) is 0 Å². The highest BCUT2D eigenvalue weighted by molar-refractivity contribution is 6.09. The Hall–Kier alpha value is -2.63. The zero-order valence-electron chi connectivity index (χ0n) is 11.1. The molecule has 104 valence electrons. The van der Waals surface area contributed by atoms with Gasteiger partial charge in [-0.15, -0.1) is 0 Å². The molecule has 2 aromatic rings. The molecular weight excluding hydrogens is 261 g/mol. The third-order valence-electron chi connectivity index (χ3n) is 2.87. The van der Waals surface area contributed by atoms with E-state index in [-0.39, 0.29) is 11.4 Å². The number of nitrogens with two attached hydrogens (primary N) is 1. The molecule has 1 aromatic heterocycles. The van der Waals surface area contributed by atoms with Gasteiger partial charge in [-0.1, -0.05) is 12.1 Å². The van der Waals surface area contributed by atoms with E-state index in [2.05, 4.69) is 4.98 Å². The monoisotopic (exact) mass is 275 g/mol. The number of ether oxygens (including phenoxy) is 1. The molecule has 5 nitrogen and oxygen atoms in total. The second-order valence-electron chi connectivity index (χ2n) is 4.12. The van der Waals surface area contributed by atoms with Gasteiger partial charge in [-0.2, -0.15) is 0 Å². The summed E-state index contributed by atoms with van der Waals surface area (Å²) in [5, 5.41) is 0. The smallest absolute Gasteiger partial charge is 0.261 e. The number of benzene rings is 1. The molecule has 0 bridgehead atoms. The SMILES string of the molecule is COc1ccccc1N(C)C(=O)c1cc(F)cnc1N. The van der Waals surface area contributed by atoms with E-state index in [0.29, 0.717) is 11.4 Å². The van der Waals surface area contributed by atoms with Gasteiger partial charge >= 0.3 is 0 Å². The molecule has 2 N–H and O–H groups in total. The molecule has 0 aliphatic carbocycles. The summed E-state index contributed by atoms with van der Waals surface area (Å²) in [5.74, 6) is -0.556. The Morgan fingerprint density at radius 1 is 1.40 bits per heavy atom. The normalized spacial score (nSPS) is 10.2. The van der Waals surface area contributed by atoms with Gasteiger partial charge in [0.15, 0.2) is 0 Å². The summed E-state index contributed by atoms with van der Waals surface area (Å²) < 4.78 is 18.4. The summed E-state index contributed by atoms with van der Waals surface area (Å²) in [4.78, 5) is 17.4. The fourth-order valence-electron chi connectivity index (χ4n) is 1.82. The van der Waals surface area contributed by atoms with Gasteiger partial charge in [-0.3, -0.25) is 4.79 Å². The van der Waals surface area contributed by atoms with E-state index in [1.54, 1.807) is 31.3 Å². The van der Waals surface area contributed by atoms with Gasteiger partial charge in [-0.25, -0.2) is 9.37 Å². The van der Waals surface area contributed by atoms with Crippen molar-refractivity contribution in [2.75, 3.05) is 24.8 Å². The van der Waals surface area contributed by atoms with Gasteiger partial charge in [0.2, 0.25) is 0 Å². The van der Waals surface area contributed by atoms with Crippen LogP contribution in [0.3, 0.4) is 0 Å². The zero-order valence-corrected chi connectivity index (χ0v) is 11.1. The second kappa shape index (κ2) is 5.56. The van der Waals surface area contributed by atoms with Crippen molar-refractivity contribution in [3.63, 3.8) is 0 Å². The number of aromatic nitrogens is 1. The first-order chi connectivity index (χ1) is 9.54. The standard InChI is InChI=1S/C14H14FN3O2/c1-18(11-5-3-4-6-12(11)20-2)14(19)10-7-9(15)8-17-13(10)16/h3-8H,1-2H3,(H2,16,17). The molecule has 0 atom stereocenters. The molecule has 1 heterocycles. The molecule has 0 saturated heterocycles. The molecule has 0 radical (unpaired) electrons. The lowest BCUT2D eigenvalue weighted by Gasteiger charge is -2.20. The van der Waals surface area contributed by atoms with Crippen LogP contribution in [0, 0.1) is 5.82 Å². The van der Waals surface area contributed by atoms with Crippen molar-refractivity contribution in [2.24, 2.45) is 0 Å². The van der Waals surface area contributed by atoms with Gasteiger partial charge in [-0.05, 0) is 18.2 Å². The number of rotatable bonds is 3. The molecule has 0 unspecified atom stereocenters. The number of pyridine rings is 1. The number of carbonyl (C=O) groups excluding carboxylic acids is 1. The predicted molar refractivity (Wildman–Crippen MR) is 74.3 cm³/mol. The number of nitrogens with zero attached hydrogens (tertiary/aromatic N) is 2. The van der Waals surface area contributed by atoms with E-state index in [1.165, 1.54) is 12.0 Å². The predicted octanol–water partition coefficient (Wildman–Crippen LogP) is 2.09. The highest BCUT2D eigenvalue weighted by Gasteiger charge is 2.20. The van der Waals surface area contributed by atoms with Crippen LogP contribution in [0.1, 0.15) is 10.4 Å². The van der Waals surface area contributed by atoms with E-state index in [9.17, 15) is 9.18 Å². The highest BCUT2D eigenvalue weighted by atomic mass is 19.1. The van der Waals surface area contributed by atoms with Crippen LogP contribution < -0.4 is 15.4 Å². The average Bonchev–Trinajstić information content (AvgIpc) is 2.48. The first-order valence-corrected chi connectivity index (χ1v) is 5.86. The summed E-state index contributed by atoms with van der Waals surface area (Å²) in [5.41, 5.74) is 6.19. The molecule has 2 rings (SSSR count). The lowest BCUT2D eigenvalue weighted by molar-refractivity contribution is 0.0992. The van der Waals surface area contributed by atoms with E-state index >= 15 is 0 Å². The van der Waals surface area contributed by atoms with Gasteiger partial charge < -0.3 is 15.4 Å². The van der Waals surface area contributed by atoms with Crippen molar-refractivity contribution in [1.82, 2.24) is 4.98 Å². The van der Waals surface area contributed by atoms with Crippen molar-refractivity contribution in [1.29, 1.82) is 0 Å². The number of methoxy groups -OCH3 is 1. The fourth-order valence-corrected chi connectivity index (χ4v) is 1.82. The Labute approximate surface area is 115 Å². The molecule has 0 fully saturated rings. The number of anilines is 2. The minimum Gasteiger partial charge on any atom is -0.495 e. The van der Waals surface area contributed by atoms with E-state index in [4.69, 9.17) is 10.5 Å². The number of para-hydroxylation sites is 2. The minimum absolute atomic E-state index is 0.0124. The molecule has 0 spiro atoms. The number of hydrogen-bond donors (Lipinski definition) is 1. The van der Waals surface area contributed by atoms with Crippen LogP contribution in [-0.4, -0.2) is 25.0 Å². The van der Waals surface area contributed by atoms with Crippen LogP contribution in [-0.2, 0) is 0 Å². The molecule has 20 heavy (non-hydrogen) atoms. The van der Waals surface area contributed by atoms with E-state index in [0.717, 1.165) is 12.3 Å². The third-order valence-corrected chi connectivity index (χ3v) is 2.87. The summed E-state index contributed by atoms with van der Waals surface area (Å²) in [6.45, 7) is 0. The molecular formula is C14H14FN3O2. The summed E-state index contributed by atoms with van der Waals surface area (Å²) in [6.07, 6.45) is 0.967. The Bertz CT molecular complexity index is 646. The fraction of sp³-hybridized carbons (Fsp3) is 0.143. The van der Waals surface area contributed by atoms with E-state index in [1.807, 2.05) is 0 Å². The van der Waals surface area contributed by atoms with Crippen LogP contribution in [0.25, 0.3) is 0 Å². The number of halogens is 1. The maximum Gasteiger partial charge on any atom is 0.261 e. The maximum atomic E-state index is 13.2. The van der Waals surface area contributed by atoms with Crippen molar-refractivity contribution in [3.8, 4) is 5.75 Å². The lowest BCUT2D eigenvalue weighted by atomic mass is 10.2. The molecule has 0 aliphatic rings. The molecule has 1 aromatic carbocycles. The van der Waals surface area contributed by atoms with Crippen LogP contribution in [0.15, 0.2) is 36.5 Å². The third kappa shape index (κ3) is 2.54. The second-order valence-corrected chi connectivity index (χ2v) is 4.12. The van der Waals surface area contributed by atoms with Crippen LogP contribution in [0.5, 0.6) is 5.75 Å². The van der Waals surface area contributed by atoms with Gasteiger partial charge in [0.05, 0.1) is 24.6 Å². The Kier molecular flexibility index (Phi) is 3.84. The van der Waals surface area contributed by atoms with Crippen molar-refractivity contribution >= 4 is 17.4 Å². The van der Waals surface area contributed by atoms with Crippen LogP contribution in [0.4, 0.5) is 15.9 Å². The van der Waals surface area contributed by atoms with Crippen LogP contribution >= 0.6 is 0 Å². The quantitative estimate of drug-likeness (QED) is 0.931. The topological polar surface area (TPSA) is 68.5 Å². The summed E-state index contributed by atoms with van der Waals surface area (Å²) in [6, 6.07) is 8.08. The first kappa shape index (κ1) is 13.8. The summed E-state index contributed by atoms with van der Waals surface area (Å²) in [7, 11) is 3.07. The average molecular weight is 275 g/mol. The number of hydrogen-bond acceptors (Lipinski definition) is 4. The number of carbonyl (C=O) groups is 1. The molecule has 0 aliphatic heterocycles. The number of nitrogen functional groups attached to an aromatic ring is 1. The van der Waals surface area contributed by atoms with Crippen molar-refractivity contribution < 1.29 is 13.9 Å². The maximum absolute atomic E-state index is 13.2. The highest BCUT2D eigenvalue weighted by Crippen LogP contribution is 2.28. The number of amides is 1. The van der Waals surface area contributed by atoms with Gasteiger partial charge in [0.1, 0.15) is 17.4 Å². The Morgan fingerprint density at radius 3 is 2.80 bits per heavy atom. The first-order valence-electron chi connectivity index (χ1n) is 5.86. The zero-order chi connectivity index (χ0) is 14.7. The largest absolute Gasteiger partial charge is 0.495 e. The molecule has 1 amide bonds. The Morgan fingerprint density at radius 2 is 2.10 bits per heavy atom. The van der Waals surface area contributed by atoms with Gasteiger partial charge in [0, 0.05) is 7.05 Å². The minimum atomic E-state index is -0.615.